The first-order chi connectivity index (χ1) is 9.15. The van der Waals surface area contributed by atoms with E-state index < -0.39 is 5.97 Å². The molecule has 0 bridgehead atoms. The normalized spacial score (nSPS) is 19.1. The summed E-state index contributed by atoms with van der Waals surface area (Å²) < 4.78 is 5.90. The molecule has 0 aromatic heterocycles. The monoisotopic (exact) mass is 300 g/mol. The lowest BCUT2D eigenvalue weighted by atomic mass is 10.1. The van der Waals surface area contributed by atoms with Crippen LogP contribution in [0.5, 0.6) is 5.75 Å². The molecule has 104 valence electrons. The van der Waals surface area contributed by atoms with Crippen LogP contribution in [0, 0.1) is 0 Å². The zero-order chi connectivity index (χ0) is 13.7. The molecule has 1 aliphatic heterocycles. The van der Waals surface area contributed by atoms with E-state index in [4.69, 9.17) is 21.4 Å². The molecule has 0 radical (unpaired) electrons. The topological polar surface area (TPSA) is 46.5 Å². The Morgan fingerprint density at radius 2 is 2.37 bits per heavy atom. The number of benzene rings is 1. The SMILES string of the molecule is O=C(O)CCc1ccc(OC2CCCSC2)c(Cl)c1. The maximum atomic E-state index is 10.5. The number of hydrogen-bond donors (Lipinski definition) is 1. The molecule has 0 aliphatic carbocycles. The van der Waals surface area contributed by atoms with Crippen molar-refractivity contribution in [2.75, 3.05) is 11.5 Å². The number of aliphatic carboxylic acids is 1. The number of halogens is 1. The lowest BCUT2D eigenvalue weighted by molar-refractivity contribution is -0.136. The fourth-order valence-electron chi connectivity index (χ4n) is 2.03. The van der Waals surface area contributed by atoms with Crippen molar-refractivity contribution in [3.05, 3.63) is 28.8 Å². The minimum absolute atomic E-state index is 0.121. The Balaban J connectivity index is 1.96. The quantitative estimate of drug-likeness (QED) is 0.902. The van der Waals surface area contributed by atoms with Crippen LogP contribution in [0.3, 0.4) is 0 Å². The van der Waals surface area contributed by atoms with Crippen molar-refractivity contribution < 1.29 is 14.6 Å². The molecule has 1 unspecified atom stereocenters. The Labute approximate surface area is 122 Å². The van der Waals surface area contributed by atoms with E-state index in [-0.39, 0.29) is 12.5 Å². The molecule has 0 spiro atoms. The van der Waals surface area contributed by atoms with E-state index in [2.05, 4.69) is 0 Å². The van der Waals surface area contributed by atoms with E-state index in [1.165, 1.54) is 12.2 Å². The van der Waals surface area contributed by atoms with Crippen LogP contribution < -0.4 is 4.74 Å². The molecular formula is C14H17ClO3S. The van der Waals surface area contributed by atoms with Crippen LogP contribution in [-0.4, -0.2) is 28.7 Å². The third kappa shape index (κ3) is 4.62. The first-order valence-corrected chi connectivity index (χ1v) is 7.93. The van der Waals surface area contributed by atoms with Gasteiger partial charge in [-0.05, 0) is 42.7 Å². The van der Waals surface area contributed by atoms with E-state index in [9.17, 15) is 4.79 Å². The predicted octanol–water partition coefficient (Wildman–Crippen LogP) is 3.63. The molecule has 3 nitrogen and oxygen atoms in total. The maximum absolute atomic E-state index is 10.5. The number of carboxylic acids is 1. The van der Waals surface area contributed by atoms with Gasteiger partial charge in [-0.1, -0.05) is 17.7 Å². The summed E-state index contributed by atoms with van der Waals surface area (Å²) in [7, 11) is 0. The van der Waals surface area contributed by atoms with Crippen molar-refractivity contribution in [1.29, 1.82) is 0 Å². The largest absolute Gasteiger partial charge is 0.488 e. The molecule has 1 fully saturated rings. The number of ether oxygens (including phenoxy) is 1. The van der Waals surface area contributed by atoms with Crippen LogP contribution in [0.1, 0.15) is 24.8 Å². The van der Waals surface area contributed by atoms with Gasteiger partial charge in [0.05, 0.1) is 5.02 Å². The number of carboxylic acid groups (broad SMARTS) is 1. The fraction of sp³-hybridized carbons (Fsp3) is 0.500. The van der Waals surface area contributed by atoms with Gasteiger partial charge in [-0.25, -0.2) is 0 Å². The number of aryl methyl sites for hydroxylation is 1. The number of thioether (sulfide) groups is 1. The summed E-state index contributed by atoms with van der Waals surface area (Å²) in [5.74, 6) is 2.13. The zero-order valence-corrected chi connectivity index (χ0v) is 12.2. The highest BCUT2D eigenvalue weighted by atomic mass is 35.5. The van der Waals surface area contributed by atoms with E-state index in [1.807, 2.05) is 23.9 Å². The van der Waals surface area contributed by atoms with Gasteiger partial charge in [0.1, 0.15) is 11.9 Å². The second kappa shape index (κ2) is 7.06. The highest BCUT2D eigenvalue weighted by molar-refractivity contribution is 7.99. The van der Waals surface area contributed by atoms with Crippen LogP contribution >= 0.6 is 23.4 Å². The van der Waals surface area contributed by atoms with Crippen LogP contribution in [0.4, 0.5) is 0 Å². The first kappa shape index (κ1) is 14.5. The third-order valence-corrected chi connectivity index (χ3v) is 4.52. The minimum atomic E-state index is -0.796. The lowest BCUT2D eigenvalue weighted by Gasteiger charge is -2.23. The van der Waals surface area contributed by atoms with Gasteiger partial charge in [0.2, 0.25) is 0 Å². The molecule has 0 saturated carbocycles. The van der Waals surface area contributed by atoms with Gasteiger partial charge in [0.15, 0.2) is 0 Å². The van der Waals surface area contributed by atoms with E-state index in [1.54, 1.807) is 6.07 Å². The van der Waals surface area contributed by atoms with Gasteiger partial charge in [-0.2, -0.15) is 11.8 Å². The van der Waals surface area contributed by atoms with Crippen molar-refractivity contribution in [2.45, 2.75) is 31.8 Å². The van der Waals surface area contributed by atoms with Gasteiger partial charge in [0, 0.05) is 12.2 Å². The Hall–Kier alpha value is -0.870. The Morgan fingerprint density at radius 1 is 1.53 bits per heavy atom. The average Bonchev–Trinajstić information content (AvgIpc) is 2.40. The molecule has 1 aliphatic rings. The highest BCUT2D eigenvalue weighted by Crippen LogP contribution is 2.29. The fourth-order valence-corrected chi connectivity index (χ4v) is 3.31. The van der Waals surface area contributed by atoms with Crippen molar-refractivity contribution in [3.8, 4) is 5.75 Å². The molecule has 1 saturated heterocycles. The van der Waals surface area contributed by atoms with Gasteiger partial charge >= 0.3 is 5.97 Å². The van der Waals surface area contributed by atoms with Gasteiger partial charge in [-0.3, -0.25) is 4.79 Å². The van der Waals surface area contributed by atoms with Crippen molar-refractivity contribution in [3.63, 3.8) is 0 Å². The summed E-state index contributed by atoms with van der Waals surface area (Å²) in [6.45, 7) is 0. The summed E-state index contributed by atoms with van der Waals surface area (Å²) in [5, 5.41) is 9.22. The summed E-state index contributed by atoms with van der Waals surface area (Å²) in [4.78, 5) is 10.5. The Bertz CT molecular complexity index is 444. The summed E-state index contributed by atoms with van der Waals surface area (Å²) in [5.41, 5.74) is 0.928. The maximum Gasteiger partial charge on any atom is 0.303 e. The number of hydrogen-bond acceptors (Lipinski definition) is 3. The van der Waals surface area contributed by atoms with Crippen LogP contribution in [-0.2, 0) is 11.2 Å². The first-order valence-electron chi connectivity index (χ1n) is 6.40. The van der Waals surface area contributed by atoms with Crippen LogP contribution in [0.25, 0.3) is 0 Å². The number of carbonyl (C=O) groups is 1. The van der Waals surface area contributed by atoms with Gasteiger partial charge in [0.25, 0.3) is 0 Å². The molecular weight excluding hydrogens is 284 g/mol. The van der Waals surface area contributed by atoms with Crippen molar-refractivity contribution in [2.24, 2.45) is 0 Å². The standard InChI is InChI=1S/C14H17ClO3S/c15-12-8-10(4-6-14(16)17)3-5-13(12)18-11-2-1-7-19-9-11/h3,5,8,11H,1-2,4,6-7,9H2,(H,16,17). The Kier molecular flexibility index (Phi) is 5.40. The predicted molar refractivity (Wildman–Crippen MR) is 78.4 cm³/mol. The molecule has 1 atom stereocenters. The van der Waals surface area contributed by atoms with Gasteiger partial charge < -0.3 is 9.84 Å². The third-order valence-electron chi connectivity index (χ3n) is 3.04. The molecule has 0 amide bonds. The van der Waals surface area contributed by atoms with Crippen LogP contribution in [0.2, 0.25) is 5.02 Å². The lowest BCUT2D eigenvalue weighted by Crippen LogP contribution is -2.23. The second-order valence-electron chi connectivity index (χ2n) is 4.62. The molecule has 2 rings (SSSR count). The summed E-state index contributed by atoms with van der Waals surface area (Å²) >= 11 is 8.09. The molecule has 1 aromatic carbocycles. The average molecular weight is 301 g/mol. The molecule has 5 heteroatoms. The van der Waals surface area contributed by atoms with Crippen LogP contribution in [0.15, 0.2) is 18.2 Å². The van der Waals surface area contributed by atoms with Crippen molar-refractivity contribution in [1.82, 2.24) is 0 Å². The molecule has 1 heterocycles. The van der Waals surface area contributed by atoms with Crippen molar-refractivity contribution >= 4 is 29.3 Å². The van der Waals surface area contributed by atoms with E-state index in [0.717, 1.165) is 17.7 Å². The second-order valence-corrected chi connectivity index (χ2v) is 6.17. The number of rotatable bonds is 5. The molecule has 1 N–H and O–H groups in total. The molecule has 1 aromatic rings. The van der Waals surface area contributed by atoms with E-state index >= 15 is 0 Å². The minimum Gasteiger partial charge on any atom is -0.488 e. The summed E-state index contributed by atoms with van der Waals surface area (Å²) in [6.07, 6.45) is 3.11. The molecule has 19 heavy (non-hydrogen) atoms. The van der Waals surface area contributed by atoms with E-state index in [0.29, 0.717) is 17.2 Å². The Morgan fingerprint density at radius 3 is 3.00 bits per heavy atom. The highest BCUT2D eigenvalue weighted by Gasteiger charge is 2.16. The van der Waals surface area contributed by atoms with Gasteiger partial charge in [-0.15, -0.1) is 0 Å². The zero-order valence-electron chi connectivity index (χ0n) is 10.6. The smallest absolute Gasteiger partial charge is 0.303 e. The summed E-state index contributed by atoms with van der Waals surface area (Å²) in [6, 6.07) is 5.54.